The van der Waals surface area contributed by atoms with Gasteiger partial charge in [0, 0.05) is 13.0 Å². The minimum absolute atomic E-state index is 0.00482. The monoisotopic (exact) mass is 408 g/mol. The number of carbonyl (C=O) groups is 2. The highest BCUT2D eigenvalue weighted by Crippen LogP contribution is 2.46. The molecule has 0 N–H and O–H groups in total. The van der Waals surface area contributed by atoms with E-state index < -0.39 is 29.6 Å². The van der Waals surface area contributed by atoms with Gasteiger partial charge in [-0.1, -0.05) is 60.7 Å². The molecule has 0 radical (unpaired) electrons. The molecule has 2 bridgehead atoms. The molecular weight excluding hydrogens is 383 g/mol. The summed E-state index contributed by atoms with van der Waals surface area (Å²) in [7, 11) is 1.87. The standard InChI is InChI=1S/C23H25BO6/c24-21-20-19(22(26)29-15-17-9-5-2-6-10-17)23(30-21,11-12-27-20)13-18(25)28-14-16-7-3-1-4-8-16/h1-10,19-21H,11-15,24H2/t19?,20?,21-,23-/m1/s1. The molecule has 7 heteroatoms. The first kappa shape index (κ1) is 20.6. The Balaban J connectivity index is 1.43. The van der Waals surface area contributed by atoms with Crippen LogP contribution in [0.5, 0.6) is 0 Å². The fraction of sp³-hybridized carbons (Fsp3) is 0.391. The van der Waals surface area contributed by atoms with Gasteiger partial charge in [-0.2, -0.15) is 0 Å². The number of rotatable bonds is 7. The molecular formula is C23H25BO6. The Bertz CT molecular complexity index is 874. The zero-order valence-electron chi connectivity index (χ0n) is 17.0. The van der Waals surface area contributed by atoms with E-state index in [1.54, 1.807) is 0 Å². The van der Waals surface area contributed by atoms with Gasteiger partial charge >= 0.3 is 11.9 Å². The van der Waals surface area contributed by atoms with Gasteiger partial charge in [-0.3, -0.25) is 9.59 Å². The summed E-state index contributed by atoms with van der Waals surface area (Å²) in [5.41, 5.74) is 0.858. The SMILES string of the molecule is B[C@@H]1O[C@@]2(CC(=O)OCc3ccccc3)CCOC1C2C(=O)OCc1ccccc1. The van der Waals surface area contributed by atoms with Gasteiger partial charge in [-0.15, -0.1) is 0 Å². The summed E-state index contributed by atoms with van der Waals surface area (Å²) in [4.78, 5) is 25.6. The molecule has 2 saturated heterocycles. The van der Waals surface area contributed by atoms with Crippen LogP contribution in [0.3, 0.4) is 0 Å². The van der Waals surface area contributed by atoms with E-state index in [4.69, 9.17) is 18.9 Å². The van der Waals surface area contributed by atoms with Gasteiger partial charge < -0.3 is 18.9 Å². The quantitative estimate of drug-likeness (QED) is 0.516. The molecule has 2 aromatic carbocycles. The second kappa shape index (κ2) is 9.02. The highest BCUT2D eigenvalue weighted by atomic mass is 16.6. The van der Waals surface area contributed by atoms with Crippen LogP contribution in [0.1, 0.15) is 24.0 Å². The number of benzene rings is 2. The lowest BCUT2D eigenvalue weighted by molar-refractivity contribution is -0.172. The van der Waals surface area contributed by atoms with Crippen LogP contribution >= 0.6 is 0 Å². The van der Waals surface area contributed by atoms with Gasteiger partial charge in [0.15, 0.2) is 0 Å². The van der Waals surface area contributed by atoms with E-state index in [0.717, 1.165) is 11.1 Å². The smallest absolute Gasteiger partial charge is 0.314 e. The van der Waals surface area contributed by atoms with E-state index in [1.165, 1.54) is 0 Å². The predicted molar refractivity (Wildman–Crippen MR) is 111 cm³/mol. The van der Waals surface area contributed by atoms with E-state index in [9.17, 15) is 9.59 Å². The highest BCUT2D eigenvalue weighted by molar-refractivity contribution is 6.12. The van der Waals surface area contributed by atoms with Crippen LogP contribution in [0.4, 0.5) is 0 Å². The molecule has 6 nitrogen and oxygen atoms in total. The third-order valence-electron chi connectivity index (χ3n) is 5.78. The molecule has 4 atom stereocenters. The average Bonchev–Trinajstić information content (AvgIpc) is 2.93. The minimum atomic E-state index is -0.954. The maximum Gasteiger partial charge on any atom is 0.314 e. The first-order valence-corrected chi connectivity index (χ1v) is 10.3. The van der Waals surface area contributed by atoms with Crippen LogP contribution in [-0.2, 0) is 41.8 Å². The summed E-state index contributed by atoms with van der Waals surface area (Å²) in [6, 6.07) is 18.7. The van der Waals surface area contributed by atoms with Crippen molar-refractivity contribution >= 4 is 19.8 Å². The van der Waals surface area contributed by atoms with E-state index in [0.29, 0.717) is 13.0 Å². The van der Waals surface area contributed by atoms with E-state index in [2.05, 4.69) is 0 Å². The van der Waals surface area contributed by atoms with Crippen molar-refractivity contribution in [2.75, 3.05) is 6.61 Å². The molecule has 0 spiro atoms. The number of carbonyl (C=O) groups excluding carboxylic acids is 2. The second-order valence-corrected chi connectivity index (χ2v) is 7.87. The zero-order chi connectivity index (χ0) is 21.0. The lowest BCUT2D eigenvalue weighted by Crippen LogP contribution is -2.50. The fourth-order valence-electron chi connectivity index (χ4n) is 4.34. The largest absolute Gasteiger partial charge is 0.461 e. The van der Waals surface area contributed by atoms with Crippen molar-refractivity contribution < 1.29 is 28.5 Å². The van der Waals surface area contributed by atoms with Crippen LogP contribution in [0.2, 0.25) is 0 Å². The average molecular weight is 408 g/mol. The Kier molecular flexibility index (Phi) is 6.20. The number of fused-ring (bicyclic) bond motifs is 2. The lowest BCUT2D eigenvalue weighted by Gasteiger charge is -2.37. The number of esters is 2. The van der Waals surface area contributed by atoms with Crippen LogP contribution in [0.25, 0.3) is 0 Å². The summed E-state index contributed by atoms with van der Waals surface area (Å²) in [6.07, 6.45) is 0.0121. The topological polar surface area (TPSA) is 71.1 Å². The number of ether oxygens (including phenoxy) is 4. The summed E-state index contributed by atoms with van der Waals surface area (Å²) >= 11 is 0. The van der Waals surface area contributed by atoms with Gasteiger partial charge in [0.2, 0.25) is 0 Å². The Labute approximate surface area is 176 Å². The highest BCUT2D eigenvalue weighted by Gasteiger charge is 2.61. The van der Waals surface area contributed by atoms with Crippen LogP contribution in [0, 0.1) is 5.92 Å². The maximum absolute atomic E-state index is 13.0. The minimum Gasteiger partial charge on any atom is -0.461 e. The van der Waals surface area contributed by atoms with Gasteiger partial charge in [0.25, 0.3) is 0 Å². The second-order valence-electron chi connectivity index (χ2n) is 7.87. The third-order valence-corrected chi connectivity index (χ3v) is 5.78. The first-order valence-electron chi connectivity index (χ1n) is 10.3. The summed E-state index contributed by atoms with van der Waals surface area (Å²) < 4.78 is 23.0. The molecule has 0 aliphatic carbocycles. The van der Waals surface area contributed by atoms with E-state index >= 15 is 0 Å². The molecule has 2 aromatic rings. The number of hydrogen-bond acceptors (Lipinski definition) is 6. The molecule has 0 aromatic heterocycles. The van der Waals surface area contributed by atoms with Gasteiger partial charge in [-0.05, 0) is 11.1 Å². The zero-order valence-corrected chi connectivity index (χ0v) is 17.0. The molecule has 2 unspecified atom stereocenters. The number of hydrogen-bond donors (Lipinski definition) is 0. The van der Waals surface area contributed by atoms with Crippen molar-refractivity contribution in [2.45, 2.75) is 43.8 Å². The van der Waals surface area contributed by atoms with E-state index in [-0.39, 0.29) is 25.6 Å². The molecule has 2 aliphatic rings. The molecule has 0 amide bonds. The lowest BCUT2D eigenvalue weighted by atomic mass is 9.76. The first-order chi connectivity index (χ1) is 14.6. The predicted octanol–water partition coefficient (Wildman–Crippen LogP) is 2.00. The van der Waals surface area contributed by atoms with Crippen LogP contribution in [0.15, 0.2) is 60.7 Å². The van der Waals surface area contributed by atoms with Crippen molar-refractivity contribution in [3.63, 3.8) is 0 Å². The van der Waals surface area contributed by atoms with Crippen molar-refractivity contribution in [1.82, 2.24) is 0 Å². The van der Waals surface area contributed by atoms with Crippen molar-refractivity contribution in [2.24, 2.45) is 5.92 Å². The molecule has 4 rings (SSSR count). The van der Waals surface area contributed by atoms with Crippen molar-refractivity contribution in [3.05, 3.63) is 71.8 Å². The Morgan fingerprint density at radius 2 is 1.57 bits per heavy atom. The summed E-state index contributed by atoms with van der Waals surface area (Å²) in [5.74, 6) is -1.45. The third kappa shape index (κ3) is 4.42. The van der Waals surface area contributed by atoms with Crippen molar-refractivity contribution in [1.29, 1.82) is 0 Å². The molecule has 2 heterocycles. The van der Waals surface area contributed by atoms with Crippen LogP contribution in [-0.4, -0.2) is 44.1 Å². The Hall–Kier alpha value is -2.64. The van der Waals surface area contributed by atoms with Gasteiger partial charge in [0.1, 0.15) is 27.0 Å². The molecule has 156 valence electrons. The molecule has 2 aliphatic heterocycles. The van der Waals surface area contributed by atoms with E-state index in [1.807, 2.05) is 68.5 Å². The van der Waals surface area contributed by atoms with Crippen LogP contribution < -0.4 is 0 Å². The van der Waals surface area contributed by atoms with Gasteiger partial charge in [0.05, 0.1) is 24.1 Å². The summed E-state index contributed by atoms with van der Waals surface area (Å²) in [5, 5.41) is 0. The molecule has 0 saturated carbocycles. The van der Waals surface area contributed by atoms with Gasteiger partial charge in [-0.25, -0.2) is 0 Å². The normalized spacial score (nSPS) is 27.4. The van der Waals surface area contributed by atoms with Crippen molar-refractivity contribution in [3.8, 4) is 0 Å². The molecule has 30 heavy (non-hydrogen) atoms. The Morgan fingerprint density at radius 1 is 0.967 bits per heavy atom. The molecule has 2 fully saturated rings. The summed E-state index contributed by atoms with van der Waals surface area (Å²) in [6.45, 7) is 0.795. The maximum atomic E-state index is 13.0. The fourth-order valence-corrected chi connectivity index (χ4v) is 4.34. The Morgan fingerprint density at radius 3 is 2.20 bits per heavy atom.